The third-order valence-electron chi connectivity index (χ3n) is 4.22. The highest BCUT2D eigenvalue weighted by atomic mass is 16.4. The van der Waals surface area contributed by atoms with Crippen LogP contribution in [0.15, 0.2) is 30.3 Å². The van der Waals surface area contributed by atoms with E-state index in [0.29, 0.717) is 12.1 Å². The summed E-state index contributed by atoms with van der Waals surface area (Å²) in [7, 11) is 0. The molecule has 2 rings (SSSR count). The summed E-state index contributed by atoms with van der Waals surface area (Å²) in [6, 6.07) is 8.39. The molecule has 6 nitrogen and oxygen atoms in total. The topological polar surface area (TPSA) is 81.1 Å². The highest BCUT2D eigenvalue weighted by Gasteiger charge is 2.50. The molecule has 0 aromatic heterocycles. The SMILES string of the molecule is CCC(C)(O)CN1C(C)C(C(=O)O)C(=O)N1c1ccccc1. The fraction of sp³-hybridized carbons (Fsp3) is 0.500. The van der Waals surface area contributed by atoms with Gasteiger partial charge in [-0.3, -0.25) is 9.59 Å². The number of hydrazine groups is 1. The van der Waals surface area contributed by atoms with Crippen molar-refractivity contribution in [2.75, 3.05) is 11.6 Å². The molecule has 1 aromatic rings. The lowest BCUT2D eigenvalue weighted by atomic mass is 10.00. The number of carboxylic acids is 1. The maximum atomic E-state index is 12.6. The molecule has 1 aromatic carbocycles. The van der Waals surface area contributed by atoms with E-state index in [2.05, 4.69) is 0 Å². The van der Waals surface area contributed by atoms with Crippen molar-refractivity contribution in [3.05, 3.63) is 30.3 Å². The summed E-state index contributed by atoms with van der Waals surface area (Å²) in [6.07, 6.45) is 0.505. The van der Waals surface area contributed by atoms with Crippen molar-refractivity contribution in [2.24, 2.45) is 5.92 Å². The van der Waals surface area contributed by atoms with Crippen molar-refractivity contribution in [2.45, 2.75) is 38.8 Å². The Morgan fingerprint density at radius 3 is 2.41 bits per heavy atom. The molecule has 3 atom stereocenters. The van der Waals surface area contributed by atoms with Gasteiger partial charge >= 0.3 is 5.97 Å². The number of β-amino-alcohol motifs (C(OH)–C–C–N with tert-alkyl or cyclic N) is 1. The second kappa shape index (κ2) is 6.06. The van der Waals surface area contributed by atoms with Gasteiger partial charge in [-0.25, -0.2) is 10.0 Å². The third-order valence-corrected chi connectivity index (χ3v) is 4.22. The molecule has 1 aliphatic heterocycles. The number of carbonyl (C=O) groups excluding carboxylic acids is 1. The van der Waals surface area contributed by atoms with Gasteiger partial charge in [0.1, 0.15) is 0 Å². The second-order valence-corrected chi connectivity index (χ2v) is 5.99. The minimum Gasteiger partial charge on any atom is -0.481 e. The molecule has 1 aliphatic rings. The maximum absolute atomic E-state index is 12.6. The molecule has 0 aliphatic carbocycles. The van der Waals surface area contributed by atoms with Crippen LogP contribution in [0.2, 0.25) is 0 Å². The largest absolute Gasteiger partial charge is 0.481 e. The molecule has 3 unspecified atom stereocenters. The maximum Gasteiger partial charge on any atom is 0.317 e. The molecular weight excluding hydrogens is 284 g/mol. The first-order valence-electron chi connectivity index (χ1n) is 7.39. The molecule has 1 heterocycles. The van der Waals surface area contributed by atoms with Gasteiger partial charge in [-0.05, 0) is 32.4 Å². The van der Waals surface area contributed by atoms with Gasteiger partial charge in [-0.2, -0.15) is 0 Å². The summed E-state index contributed by atoms with van der Waals surface area (Å²) in [5.74, 6) is -2.75. The summed E-state index contributed by atoms with van der Waals surface area (Å²) < 4.78 is 0. The standard InChI is InChI=1S/C16H22N2O4/c1-4-16(3,22)10-17-11(2)13(15(20)21)14(19)18(17)12-8-6-5-7-9-12/h5-9,11,13,22H,4,10H2,1-3H3,(H,20,21). The fourth-order valence-corrected chi connectivity index (χ4v) is 2.65. The van der Waals surface area contributed by atoms with E-state index in [0.717, 1.165) is 0 Å². The number of rotatable bonds is 5. The Bertz CT molecular complexity index is 559. The van der Waals surface area contributed by atoms with Crippen molar-refractivity contribution >= 4 is 17.6 Å². The van der Waals surface area contributed by atoms with E-state index in [1.807, 2.05) is 13.0 Å². The average Bonchev–Trinajstić information content (AvgIpc) is 2.70. The van der Waals surface area contributed by atoms with E-state index < -0.39 is 29.4 Å². The summed E-state index contributed by atoms with van der Waals surface area (Å²) in [6.45, 7) is 5.42. The molecule has 0 spiro atoms. The number of hydrogen-bond donors (Lipinski definition) is 2. The number of hydrogen-bond acceptors (Lipinski definition) is 4. The summed E-state index contributed by atoms with van der Waals surface area (Å²) >= 11 is 0. The number of amides is 1. The Kier molecular flexibility index (Phi) is 4.53. The van der Waals surface area contributed by atoms with E-state index in [1.54, 1.807) is 43.1 Å². The predicted octanol–water partition coefficient (Wildman–Crippen LogP) is 1.50. The zero-order valence-corrected chi connectivity index (χ0v) is 13.1. The van der Waals surface area contributed by atoms with Crippen LogP contribution in [0.5, 0.6) is 0 Å². The van der Waals surface area contributed by atoms with Gasteiger partial charge in [0.15, 0.2) is 5.92 Å². The monoisotopic (exact) mass is 306 g/mol. The fourth-order valence-electron chi connectivity index (χ4n) is 2.65. The zero-order valence-electron chi connectivity index (χ0n) is 13.1. The first kappa shape index (κ1) is 16.5. The molecule has 0 bridgehead atoms. The number of para-hydroxylation sites is 1. The minimum absolute atomic E-state index is 0.190. The van der Waals surface area contributed by atoms with E-state index in [4.69, 9.17) is 0 Å². The van der Waals surface area contributed by atoms with Crippen LogP contribution in [0.1, 0.15) is 27.2 Å². The predicted molar refractivity (Wildman–Crippen MR) is 82.1 cm³/mol. The number of carboxylic acid groups (broad SMARTS) is 1. The Morgan fingerprint density at radius 2 is 1.91 bits per heavy atom. The van der Waals surface area contributed by atoms with E-state index in [-0.39, 0.29) is 6.54 Å². The van der Waals surface area contributed by atoms with Crippen molar-refractivity contribution < 1.29 is 19.8 Å². The Labute approximate surface area is 129 Å². The molecule has 2 N–H and O–H groups in total. The average molecular weight is 306 g/mol. The van der Waals surface area contributed by atoms with Gasteiger partial charge in [0.05, 0.1) is 11.3 Å². The summed E-state index contributed by atoms with van der Waals surface area (Å²) in [4.78, 5) is 24.0. The smallest absolute Gasteiger partial charge is 0.317 e. The number of aliphatic carboxylic acids is 1. The van der Waals surface area contributed by atoms with Crippen molar-refractivity contribution in [1.82, 2.24) is 5.01 Å². The highest BCUT2D eigenvalue weighted by molar-refractivity contribution is 6.07. The molecule has 1 fully saturated rings. The van der Waals surface area contributed by atoms with Crippen molar-refractivity contribution in [1.29, 1.82) is 0 Å². The zero-order chi connectivity index (χ0) is 16.5. The number of benzene rings is 1. The summed E-state index contributed by atoms with van der Waals surface area (Å²) in [5.41, 5.74) is -0.399. The highest BCUT2D eigenvalue weighted by Crippen LogP contribution is 2.32. The molecule has 22 heavy (non-hydrogen) atoms. The van der Waals surface area contributed by atoms with E-state index in [9.17, 15) is 19.8 Å². The van der Waals surface area contributed by atoms with Crippen LogP contribution in [0, 0.1) is 5.92 Å². The van der Waals surface area contributed by atoms with Crippen LogP contribution >= 0.6 is 0 Å². The Hall–Kier alpha value is -1.92. The van der Waals surface area contributed by atoms with Crippen molar-refractivity contribution in [3.8, 4) is 0 Å². The first-order valence-corrected chi connectivity index (χ1v) is 7.39. The van der Waals surface area contributed by atoms with Crippen LogP contribution in [-0.2, 0) is 9.59 Å². The van der Waals surface area contributed by atoms with Gasteiger partial charge in [0, 0.05) is 12.6 Å². The molecule has 120 valence electrons. The normalized spacial score (nSPS) is 25.3. The second-order valence-electron chi connectivity index (χ2n) is 5.99. The lowest BCUT2D eigenvalue weighted by molar-refractivity contribution is -0.145. The first-order chi connectivity index (χ1) is 10.3. The van der Waals surface area contributed by atoms with E-state index in [1.165, 1.54) is 5.01 Å². The Morgan fingerprint density at radius 1 is 1.32 bits per heavy atom. The van der Waals surface area contributed by atoms with Crippen LogP contribution in [-0.4, -0.2) is 45.3 Å². The molecule has 1 saturated heterocycles. The van der Waals surface area contributed by atoms with Crippen LogP contribution in [0.25, 0.3) is 0 Å². The molecule has 1 amide bonds. The lowest BCUT2D eigenvalue weighted by Gasteiger charge is -2.36. The van der Waals surface area contributed by atoms with E-state index >= 15 is 0 Å². The number of anilines is 1. The van der Waals surface area contributed by atoms with Crippen LogP contribution in [0.4, 0.5) is 5.69 Å². The number of carbonyl (C=O) groups is 2. The molecule has 6 heteroatoms. The number of aliphatic hydroxyl groups is 1. The van der Waals surface area contributed by atoms with Gasteiger partial charge < -0.3 is 10.2 Å². The molecule has 0 radical (unpaired) electrons. The lowest BCUT2D eigenvalue weighted by Crippen LogP contribution is -2.50. The van der Waals surface area contributed by atoms with Crippen LogP contribution in [0.3, 0.4) is 0 Å². The number of nitrogens with zero attached hydrogens (tertiary/aromatic N) is 2. The Balaban J connectivity index is 2.41. The van der Waals surface area contributed by atoms with Gasteiger partial charge in [0.25, 0.3) is 5.91 Å². The quantitative estimate of drug-likeness (QED) is 0.806. The van der Waals surface area contributed by atoms with Gasteiger partial charge in [0.2, 0.25) is 0 Å². The minimum atomic E-state index is -1.14. The summed E-state index contributed by atoms with van der Waals surface area (Å²) in [5, 5.41) is 22.7. The van der Waals surface area contributed by atoms with Crippen LogP contribution < -0.4 is 5.01 Å². The van der Waals surface area contributed by atoms with Gasteiger partial charge in [-0.15, -0.1) is 0 Å². The van der Waals surface area contributed by atoms with Gasteiger partial charge in [-0.1, -0.05) is 25.1 Å². The molecule has 0 saturated carbocycles. The molecular formula is C16H22N2O4. The third kappa shape index (κ3) is 2.98. The van der Waals surface area contributed by atoms with Crippen molar-refractivity contribution in [3.63, 3.8) is 0 Å².